The average molecular weight is 477 g/mol. The second-order valence-corrected chi connectivity index (χ2v) is 8.08. The van der Waals surface area contributed by atoms with Gasteiger partial charge in [-0.3, -0.25) is 9.59 Å². The Hall–Kier alpha value is -4.43. The topological polar surface area (TPSA) is 159 Å². The molecule has 35 heavy (non-hydrogen) atoms. The van der Waals surface area contributed by atoms with E-state index < -0.39 is 5.76 Å². The molecular weight excluding hydrogens is 454 g/mol. The summed E-state index contributed by atoms with van der Waals surface area (Å²) in [6.07, 6.45) is 2.32. The van der Waals surface area contributed by atoms with Crippen molar-refractivity contribution in [3.05, 3.63) is 69.5 Å². The van der Waals surface area contributed by atoms with Gasteiger partial charge in [-0.1, -0.05) is 12.1 Å². The summed E-state index contributed by atoms with van der Waals surface area (Å²) < 4.78 is 11.8. The first-order chi connectivity index (χ1) is 17.0. The van der Waals surface area contributed by atoms with Crippen LogP contribution in [0.1, 0.15) is 22.6 Å². The number of rotatable bonds is 6. The van der Waals surface area contributed by atoms with Crippen molar-refractivity contribution in [1.29, 1.82) is 5.26 Å². The van der Waals surface area contributed by atoms with Crippen LogP contribution < -0.4 is 21.1 Å². The van der Waals surface area contributed by atoms with Crippen molar-refractivity contribution in [2.24, 2.45) is 5.92 Å². The van der Waals surface area contributed by atoms with E-state index >= 15 is 0 Å². The van der Waals surface area contributed by atoms with Crippen LogP contribution in [0.25, 0.3) is 5.69 Å². The van der Waals surface area contributed by atoms with Gasteiger partial charge >= 0.3 is 5.76 Å². The van der Waals surface area contributed by atoms with E-state index in [9.17, 15) is 14.9 Å². The molecule has 2 aliphatic rings. The van der Waals surface area contributed by atoms with Crippen LogP contribution in [0.5, 0.6) is 5.75 Å². The van der Waals surface area contributed by atoms with Crippen LogP contribution in [0.3, 0.4) is 0 Å². The molecule has 3 aromatic rings. The molecule has 1 aromatic heterocycles. The fourth-order valence-corrected chi connectivity index (χ4v) is 4.27. The zero-order valence-electron chi connectivity index (χ0n) is 18.7. The van der Waals surface area contributed by atoms with Crippen molar-refractivity contribution in [1.82, 2.24) is 15.1 Å². The molecule has 1 unspecified atom stereocenters. The highest BCUT2D eigenvalue weighted by atomic mass is 16.5. The maximum Gasteiger partial charge on any atom is 0.441 e. The van der Waals surface area contributed by atoms with Gasteiger partial charge in [-0.25, -0.2) is 4.79 Å². The lowest BCUT2D eigenvalue weighted by molar-refractivity contribution is -0.123. The molecule has 0 fully saturated rings. The number of anilines is 1. The zero-order valence-corrected chi connectivity index (χ0v) is 18.7. The number of amides is 1. The number of carbonyl (C=O) groups excluding carboxylic acids is 1. The van der Waals surface area contributed by atoms with Crippen LogP contribution in [0, 0.1) is 17.2 Å². The predicted molar refractivity (Wildman–Crippen MR) is 124 cm³/mol. The molecule has 11 heteroatoms. The van der Waals surface area contributed by atoms with Gasteiger partial charge in [-0.15, -0.1) is 5.10 Å². The van der Waals surface area contributed by atoms with Gasteiger partial charge in [0.15, 0.2) is 6.61 Å². The minimum absolute atomic E-state index is 0.0279. The number of nitrogens with zero attached hydrogens (tertiary/aromatic N) is 3. The number of carbonyl (C=O) groups is 2. The number of hydrogen-bond acceptors (Lipinski definition) is 8. The summed E-state index contributed by atoms with van der Waals surface area (Å²) in [5.74, 6) is 0.491. The van der Waals surface area contributed by atoms with Gasteiger partial charge in [-0.2, -0.15) is 9.94 Å². The Kier molecular flexibility index (Phi) is 7.23. The molecule has 2 aromatic carbocycles. The molecule has 11 nitrogen and oxygen atoms in total. The highest BCUT2D eigenvalue weighted by Crippen LogP contribution is 2.30. The van der Waals surface area contributed by atoms with Gasteiger partial charge in [0, 0.05) is 13.0 Å². The van der Waals surface area contributed by atoms with Gasteiger partial charge in [0.05, 0.1) is 23.0 Å². The number of fused-ring (bicyclic) bond motifs is 2. The van der Waals surface area contributed by atoms with E-state index in [1.807, 2.05) is 12.1 Å². The lowest BCUT2D eigenvalue weighted by Crippen LogP contribution is -2.25. The third-order valence-electron chi connectivity index (χ3n) is 5.77. The van der Waals surface area contributed by atoms with Gasteiger partial charge < -0.3 is 24.9 Å². The van der Waals surface area contributed by atoms with Gasteiger partial charge in [-0.05, 0) is 60.7 Å². The van der Waals surface area contributed by atoms with E-state index in [0.29, 0.717) is 41.9 Å². The monoisotopic (exact) mass is 477 g/mol. The number of ether oxygens (including phenoxy) is 1. The summed E-state index contributed by atoms with van der Waals surface area (Å²) in [4.78, 5) is 32.2. The Morgan fingerprint density at radius 1 is 1.29 bits per heavy atom. The third-order valence-corrected chi connectivity index (χ3v) is 5.77. The largest absolute Gasteiger partial charge is 0.483 e. The zero-order chi connectivity index (χ0) is 24.8. The predicted octanol–water partition coefficient (Wildman–Crippen LogP) is 1.28. The van der Waals surface area contributed by atoms with Crippen LogP contribution >= 0.6 is 0 Å². The highest BCUT2D eigenvalue weighted by molar-refractivity contribution is 5.95. The average Bonchev–Trinajstić information content (AvgIpc) is 3.44. The number of aromatic nitrogens is 2. The van der Waals surface area contributed by atoms with Crippen LogP contribution in [0.4, 0.5) is 5.69 Å². The Bertz CT molecular complexity index is 1340. The minimum Gasteiger partial charge on any atom is -0.483 e. The quantitative estimate of drug-likeness (QED) is 0.351. The van der Waals surface area contributed by atoms with Crippen molar-refractivity contribution in [2.75, 3.05) is 25.0 Å². The normalized spacial score (nSPS) is 15.5. The van der Waals surface area contributed by atoms with E-state index in [1.165, 1.54) is 10.2 Å². The van der Waals surface area contributed by atoms with Gasteiger partial charge in [0.1, 0.15) is 5.75 Å². The van der Waals surface area contributed by atoms with Crippen molar-refractivity contribution in [3.8, 4) is 17.5 Å². The Labute approximate surface area is 199 Å². The summed E-state index contributed by atoms with van der Waals surface area (Å²) in [5, 5.41) is 26.6. The molecule has 1 aliphatic carbocycles. The summed E-state index contributed by atoms with van der Waals surface area (Å²) >= 11 is 0. The number of nitriles is 1. The smallest absolute Gasteiger partial charge is 0.441 e. The van der Waals surface area contributed by atoms with Crippen LogP contribution in [0.2, 0.25) is 0 Å². The first-order valence-corrected chi connectivity index (χ1v) is 11.0. The first kappa shape index (κ1) is 23.7. The molecule has 0 spiro atoms. The lowest BCUT2D eigenvalue weighted by atomic mass is 10.0. The molecule has 0 bridgehead atoms. The minimum atomic E-state index is -0.585. The summed E-state index contributed by atoms with van der Waals surface area (Å²) in [6, 6.07) is 13.2. The fourth-order valence-electron chi connectivity index (χ4n) is 4.27. The number of carboxylic acid groups (broad SMARTS) is 1. The standard InChI is InChI=1S/C23H21N5O4.CH2O2/c24-11-16-3-1-2-15-8-14(9-18(15)16)12-25-7-6-22-27-28(23(30)32-22)17-4-5-20-19(10-17)26-21(29)13-31-20;2-1-3/h1-5,10,14,25H,6-9,12-13H2,(H,26,29);1H,(H,2,3). The van der Waals surface area contributed by atoms with Crippen molar-refractivity contribution < 1.29 is 23.8 Å². The molecule has 1 amide bonds. The Balaban J connectivity index is 0.000000917. The summed E-state index contributed by atoms with van der Waals surface area (Å²) in [5.41, 5.74) is 4.17. The second kappa shape index (κ2) is 10.7. The molecule has 0 radical (unpaired) electrons. The second-order valence-electron chi connectivity index (χ2n) is 8.08. The number of hydrogen-bond donors (Lipinski definition) is 3. The van der Waals surface area contributed by atoms with Crippen molar-refractivity contribution in [3.63, 3.8) is 0 Å². The Morgan fingerprint density at radius 2 is 2.11 bits per heavy atom. The van der Waals surface area contributed by atoms with Crippen LogP contribution in [-0.2, 0) is 28.9 Å². The van der Waals surface area contributed by atoms with Crippen LogP contribution in [0.15, 0.2) is 45.6 Å². The Morgan fingerprint density at radius 3 is 2.91 bits per heavy atom. The summed E-state index contributed by atoms with van der Waals surface area (Å²) in [6.45, 7) is 1.15. The molecular formula is C24H23N5O6. The van der Waals surface area contributed by atoms with E-state index in [1.54, 1.807) is 18.2 Å². The van der Waals surface area contributed by atoms with E-state index in [2.05, 4.69) is 27.9 Å². The fraction of sp³-hybridized carbons (Fsp3) is 0.292. The van der Waals surface area contributed by atoms with E-state index in [0.717, 1.165) is 30.5 Å². The molecule has 3 N–H and O–H groups in total. The molecule has 2 heterocycles. The van der Waals surface area contributed by atoms with Gasteiger partial charge in [0.25, 0.3) is 12.4 Å². The maximum absolute atomic E-state index is 12.3. The van der Waals surface area contributed by atoms with E-state index in [4.69, 9.17) is 19.1 Å². The molecule has 0 saturated heterocycles. The SMILES string of the molecule is N#Cc1cccc2c1CC(CNCCc1nn(-c3ccc4c(c3)NC(=O)CO4)c(=O)o1)C2.O=CO. The third kappa shape index (κ3) is 5.39. The molecule has 5 rings (SSSR count). The molecule has 180 valence electrons. The molecule has 1 atom stereocenters. The van der Waals surface area contributed by atoms with Crippen molar-refractivity contribution in [2.45, 2.75) is 19.3 Å². The first-order valence-electron chi connectivity index (χ1n) is 11.0. The van der Waals surface area contributed by atoms with Crippen LogP contribution in [-0.4, -0.2) is 47.0 Å². The van der Waals surface area contributed by atoms with E-state index in [-0.39, 0.29) is 19.0 Å². The maximum atomic E-state index is 12.3. The molecule has 1 aliphatic heterocycles. The lowest BCUT2D eigenvalue weighted by Gasteiger charge is -2.18. The van der Waals surface area contributed by atoms with Gasteiger partial charge in [0.2, 0.25) is 5.89 Å². The molecule has 0 saturated carbocycles. The number of benzene rings is 2. The summed E-state index contributed by atoms with van der Waals surface area (Å²) in [7, 11) is 0. The van der Waals surface area contributed by atoms with Crippen molar-refractivity contribution >= 4 is 18.1 Å². The number of nitrogens with one attached hydrogen (secondary N) is 2. The highest BCUT2D eigenvalue weighted by Gasteiger charge is 2.23.